The van der Waals surface area contributed by atoms with E-state index in [1.54, 1.807) is 0 Å². The van der Waals surface area contributed by atoms with Crippen molar-refractivity contribution in [2.24, 2.45) is 10.9 Å². The number of nitrogens with one attached hydrogen (secondary N) is 2. The Labute approximate surface area is 133 Å². The predicted octanol–water partition coefficient (Wildman–Crippen LogP) is 1.42. The molecule has 0 saturated carbocycles. The van der Waals surface area contributed by atoms with Gasteiger partial charge in [-0.25, -0.2) is 9.97 Å². The number of aryl methyl sites for hydroxylation is 3. The van der Waals surface area contributed by atoms with Crippen molar-refractivity contribution < 1.29 is 9.59 Å². The molecule has 2 N–H and O–H groups in total. The molecule has 7 nitrogen and oxygen atoms in total. The summed E-state index contributed by atoms with van der Waals surface area (Å²) >= 11 is 0. The summed E-state index contributed by atoms with van der Waals surface area (Å²) in [6, 6.07) is 4.07. The molecule has 0 radical (unpaired) electrons. The molecule has 0 spiro atoms. The van der Waals surface area contributed by atoms with Gasteiger partial charge in [0.1, 0.15) is 5.92 Å². The van der Waals surface area contributed by atoms with E-state index < -0.39 is 17.7 Å². The van der Waals surface area contributed by atoms with Crippen molar-refractivity contribution in [3.05, 3.63) is 29.0 Å². The van der Waals surface area contributed by atoms with Gasteiger partial charge >= 0.3 is 0 Å². The Morgan fingerprint density at radius 1 is 1.04 bits per heavy atom. The fourth-order valence-corrected chi connectivity index (χ4v) is 2.53. The number of fused-ring (bicyclic) bond motifs is 1. The molecule has 1 aromatic carbocycles. The molecular formula is C16H17N5O2. The van der Waals surface area contributed by atoms with E-state index in [9.17, 15) is 9.59 Å². The molecule has 0 aliphatic carbocycles. The third-order valence-electron chi connectivity index (χ3n) is 3.80. The van der Waals surface area contributed by atoms with E-state index in [1.807, 2.05) is 32.9 Å². The lowest BCUT2D eigenvalue weighted by molar-refractivity contribution is -0.134. The van der Waals surface area contributed by atoms with Crippen LogP contribution in [0.15, 0.2) is 17.1 Å². The number of guanidine groups is 1. The minimum absolute atomic E-state index is 0.0571. The molecule has 1 aliphatic heterocycles. The molecule has 118 valence electrons. The van der Waals surface area contributed by atoms with Crippen molar-refractivity contribution in [2.45, 2.75) is 27.7 Å². The van der Waals surface area contributed by atoms with Gasteiger partial charge in [-0.05, 0) is 39.3 Å². The van der Waals surface area contributed by atoms with E-state index in [4.69, 9.17) is 0 Å². The van der Waals surface area contributed by atoms with E-state index in [1.165, 1.54) is 6.92 Å². The van der Waals surface area contributed by atoms with Gasteiger partial charge < -0.3 is 0 Å². The highest BCUT2D eigenvalue weighted by atomic mass is 16.2. The van der Waals surface area contributed by atoms with E-state index >= 15 is 0 Å². The van der Waals surface area contributed by atoms with Gasteiger partial charge in [-0.3, -0.25) is 20.2 Å². The van der Waals surface area contributed by atoms with Crippen LogP contribution < -0.4 is 10.6 Å². The molecule has 1 aliphatic rings. The summed E-state index contributed by atoms with van der Waals surface area (Å²) in [6.07, 6.45) is 0. The average molecular weight is 311 g/mol. The van der Waals surface area contributed by atoms with Crippen molar-refractivity contribution >= 4 is 34.6 Å². The van der Waals surface area contributed by atoms with Crippen LogP contribution in [0.4, 0.5) is 5.95 Å². The number of rotatable bonds is 1. The van der Waals surface area contributed by atoms with Crippen molar-refractivity contribution in [1.82, 2.24) is 20.6 Å². The van der Waals surface area contributed by atoms with Gasteiger partial charge in [0.2, 0.25) is 17.8 Å². The van der Waals surface area contributed by atoms with Crippen molar-refractivity contribution in [2.75, 3.05) is 0 Å². The number of carbonyl (C=O) groups is 2. The summed E-state index contributed by atoms with van der Waals surface area (Å²) < 4.78 is 0. The van der Waals surface area contributed by atoms with Crippen LogP contribution in [-0.4, -0.2) is 27.7 Å². The fourth-order valence-electron chi connectivity index (χ4n) is 2.53. The SMILES string of the molecule is Cc1cc(C)c2nc(N=C3NC(=O)C(C)C(=O)N3)nc(C)c2c1. The smallest absolute Gasteiger partial charge is 0.253 e. The van der Waals surface area contributed by atoms with Crippen molar-refractivity contribution in [3.8, 4) is 0 Å². The standard InChI is InChI=1S/C16H17N5O2/c1-7-5-8(2)12-11(6-7)10(4)17-15(18-12)21-16-19-13(22)9(3)14(23)20-16/h5-6,9H,1-4H3,(H2,17,18,19,20,21,22,23). The zero-order valence-corrected chi connectivity index (χ0v) is 13.4. The number of hydrogen-bond donors (Lipinski definition) is 2. The number of aliphatic imine (C=N–C) groups is 1. The second-order valence-corrected chi connectivity index (χ2v) is 5.75. The van der Waals surface area contributed by atoms with Crippen LogP contribution in [0.1, 0.15) is 23.7 Å². The van der Waals surface area contributed by atoms with E-state index in [2.05, 4.69) is 25.6 Å². The van der Waals surface area contributed by atoms with Gasteiger partial charge in [-0.2, -0.15) is 4.99 Å². The van der Waals surface area contributed by atoms with Crippen LogP contribution in [0.2, 0.25) is 0 Å². The van der Waals surface area contributed by atoms with Crippen LogP contribution in [0, 0.1) is 26.7 Å². The van der Waals surface area contributed by atoms with Gasteiger partial charge in [-0.1, -0.05) is 11.6 Å². The minimum atomic E-state index is -0.738. The Balaban J connectivity index is 2.06. The molecule has 7 heteroatoms. The molecule has 1 aromatic heterocycles. The van der Waals surface area contributed by atoms with Crippen LogP contribution in [0.25, 0.3) is 10.9 Å². The molecule has 23 heavy (non-hydrogen) atoms. The molecule has 2 amide bonds. The van der Waals surface area contributed by atoms with Crippen molar-refractivity contribution in [3.63, 3.8) is 0 Å². The zero-order chi connectivity index (χ0) is 16.7. The molecule has 1 fully saturated rings. The highest BCUT2D eigenvalue weighted by Crippen LogP contribution is 2.23. The first-order chi connectivity index (χ1) is 10.8. The Morgan fingerprint density at radius 3 is 2.35 bits per heavy atom. The third kappa shape index (κ3) is 2.77. The van der Waals surface area contributed by atoms with Crippen LogP contribution >= 0.6 is 0 Å². The van der Waals surface area contributed by atoms with Gasteiger partial charge in [0.15, 0.2) is 0 Å². The molecule has 0 atom stereocenters. The zero-order valence-electron chi connectivity index (χ0n) is 13.4. The van der Waals surface area contributed by atoms with E-state index in [0.717, 1.165) is 27.7 Å². The molecular weight excluding hydrogens is 294 g/mol. The number of benzene rings is 1. The van der Waals surface area contributed by atoms with Gasteiger partial charge in [0, 0.05) is 5.39 Å². The molecule has 2 aromatic rings. The van der Waals surface area contributed by atoms with Gasteiger partial charge in [0.05, 0.1) is 11.2 Å². The molecule has 2 heterocycles. The summed E-state index contributed by atoms with van der Waals surface area (Å²) in [5.41, 5.74) is 3.77. The number of aromatic nitrogens is 2. The highest BCUT2D eigenvalue weighted by Gasteiger charge is 2.29. The maximum atomic E-state index is 11.7. The Morgan fingerprint density at radius 2 is 1.70 bits per heavy atom. The topological polar surface area (TPSA) is 96.3 Å². The van der Waals surface area contributed by atoms with Crippen LogP contribution in [0.3, 0.4) is 0 Å². The second kappa shape index (κ2) is 5.42. The molecule has 0 bridgehead atoms. The molecule has 3 rings (SSSR count). The van der Waals surface area contributed by atoms with E-state index in [-0.39, 0.29) is 11.9 Å². The monoisotopic (exact) mass is 311 g/mol. The predicted molar refractivity (Wildman–Crippen MR) is 86.3 cm³/mol. The first-order valence-corrected chi connectivity index (χ1v) is 7.31. The lowest BCUT2D eigenvalue weighted by atomic mass is 10.1. The normalized spacial score (nSPS) is 17.9. The number of amides is 2. The maximum absolute atomic E-state index is 11.7. The average Bonchev–Trinajstić information content (AvgIpc) is 2.46. The Hall–Kier alpha value is -2.83. The Bertz CT molecular complexity index is 852. The van der Waals surface area contributed by atoms with Crippen molar-refractivity contribution in [1.29, 1.82) is 0 Å². The lowest BCUT2D eigenvalue weighted by Crippen LogP contribution is -2.55. The number of carbonyl (C=O) groups excluding carboxylic acids is 2. The summed E-state index contributed by atoms with van der Waals surface area (Å²) in [6.45, 7) is 7.41. The van der Waals surface area contributed by atoms with Gasteiger partial charge in [0.25, 0.3) is 5.95 Å². The summed E-state index contributed by atoms with van der Waals surface area (Å²) in [5, 5.41) is 6.04. The summed E-state index contributed by atoms with van der Waals surface area (Å²) in [5.74, 6) is -1.26. The fraction of sp³-hybridized carbons (Fsp3) is 0.312. The lowest BCUT2D eigenvalue weighted by Gasteiger charge is -2.20. The quantitative estimate of drug-likeness (QED) is 0.779. The van der Waals surface area contributed by atoms with Crippen LogP contribution in [-0.2, 0) is 9.59 Å². The van der Waals surface area contributed by atoms with Gasteiger partial charge in [-0.15, -0.1) is 0 Å². The minimum Gasteiger partial charge on any atom is -0.295 e. The number of nitrogens with zero attached hydrogens (tertiary/aromatic N) is 3. The molecule has 0 unspecified atom stereocenters. The largest absolute Gasteiger partial charge is 0.295 e. The second-order valence-electron chi connectivity index (χ2n) is 5.75. The van der Waals surface area contributed by atoms with Crippen LogP contribution in [0.5, 0.6) is 0 Å². The summed E-state index contributed by atoms with van der Waals surface area (Å²) in [4.78, 5) is 36.3. The Kier molecular flexibility index (Phi) is 3.55. The van der Waals surface area contributed by atoms with E-state index in [0.29, 0.717) is 0 Å². The first kappa shape index (κ1) is 15.1. The first-order valence-electron chi connectivity index (χ1n) is 7.31. The summed E-state index contributed by atoms with van der Waals surface area (Å²) in [7, 11) is 0. The number of hydrogen-bond acceptors (Lipinski definition) is 5. The maximum Gasteiger partial charge on any atom is 0.253 e. The third-order valence-corrected chi connectivity index (χ3v) is 3.80. The molecule has 1 saturated heterocycles. The highest BCUT2D eigenvalue weighted by molar-refractivity contribution is 6.17.